The largest absolute Gasteiger partial charge is 0.309 e. The number of benzene rings is 10. The summed E-state index contributed by atoms with van der Waals surface area (Å²) in [5.41, 5.74) is 19.3. The number of aromatic nitrogens is 5. The Hall–Kier alpha value is -9.19. The minimum atomic E-state index is -0.472. The molecule has 1 spiro atoms. The monoisotopic (exact) mass is 877 g/mol. The molecule has 2 aliphatic rings. The van der Waals surface area contributed by atoms with Crippen LogP contribution in [-0.4, -0.2) is 24.1 Å². The highest BCUT2D eigenvalue weighted by atomic mass is 15.0. The summed E-state index contributed by atoms with van der Waals surface area (Å²) in [5, 5.41) is 4.96. The Morgan fingerprint density at radius 2 is 0.696 bits per heavy atom. The van der Waals surface area contributed by atoms with Gasteiger partial charge in [0.1, 0.15) is 0 Å². The van der Waals surface area contributed by atoms with Crippen LogP contribution in [0.3, 0.4) is 0 Å². The first-order valence-corrected chi connectivity index (χ1v) is 23.6. The lowest BCUT2D eigenvalue weighted by Gasteiger charge is -2.30. The summed E-state index contributed by atoms with van der Waals surface area (Å²) >= 11 is 0. The van der Waals surface area contributed by atoms with E-state index < -0.39 is 5.41 Å². The van der Waals surface area contributed by atoms with Crippen LogP contribution in [-0.2, 0) is 5.41 Å². The second-order valence-electron chi connectivity index (χ2n) is 18.2. The van der Waals surface area contributed by atoms with Gasteiger partial charge in [0.15, 0.2) is 17.5 Å². The van der Waals surface area contributed by atoms with Gasteiger partial charge < -0.3 is 9.13 Å². The van der Waals surface area contributed by atoms with E-state index in [2.05, 4.69) is 228 Å². The predicted octanol–water partition coefficient (Wildman–Crippen LogP) is 15.4. The Kier molecular flexibility index (Phi) is 7.93. The van der Waals surface area contributed by atoms with Gasteiger partial charge in [-0.1, -0.05) is 176 Å². The minimum Gasteiger partial charge on any atom is -0.309 e. The van der Waals surface area contributed by atoms with Crippen molar-refractivity contribution in [2.24, 2.45) is 0 Å². The number of hydrogen-bond acceptors (Lipinski definition) is 3. The number of para-hydroxylation sites is 3. The molecule has 69 heavy (non-hydrogen) atoms. The van der Waals surface area contributed by atoms with E-state index in [-0.39, 0.29) is 0 Å². The summed E-state index contributed by atoms with van der Waals surface area (Å²) < 4.78 is 4.79. The molecule has 5 heteroatoms. The predicted molar refractivity (Wildman–Crippen MR) is 281 cm³/mol. The van der Waals surface area contributed by atoms with Crippen LogP contribution in [0.1, 0.15) is 22.3 Å². The average molecular weight is 878 g/mol. The lowest BCUT2D eigenvalue weighted by Crippen LogP contribution is -2.25. The molecule has 2 aliphatic carbocycles. The zero-order valence-corrected chi connectivity index (χ0v) is 37.3. The summed E-state index contributed by atoms with van der Waals surface area (Å²) in [6, 6.07) is 85.3. The van der Waals surface area contributed by atoms with Crippen LogP contribution >= 0.6 is 0 Å². The molecular weight excluding hydrogens is 839 g/mol. The van der Waals surface area contributed by atoms with Gasteiger partial charge in [0, 0.05) is 49.6 Å². The van der Waals surface area contributed by atoms with Crippen LogP contribution < -0.4 is 0 Å². The van der Waals surface area contributed by atoms with E-state index in [0.717, 1.165) is 39.1 Å². The molecule has 0 amide bonds. The van der Waals surface area contributed by atoms with Crippen LogP contribution in [0.4, 0.5) is 0 Å². The van der Waals surface area contributed by atoms with Crippen LogP contribution in [0.25, 0.3) is 111 Å². The van der Waals surface area contributed by atoms with Crippen molar-refractivity contribution in [2.75, 3.05) is 0 Å². The van der Waals surface area contributed by atoms with Crippen LogP contribution in [0, 0.1) is 0 Å². The maximum atomic E-state index is 5.40. The molecule has 0 atom stereocenters. The molecule has 0 bridgehead atoms. The Labute approximate surface area is 397 Å². The highest BCUT2D eigenvalue weighted by Gasteiger charge is 2.52. The van der Waals surface area contributed by atoms with Gasteiger partial charge in [-0.05, 0) is 105 Å². The van der Waals surface area contributed by atoms with Crippen molar-refractivity contribution < 1.29 is 0 Å². The molecule has 3 heterocycles. The van der Waals surface area contributed by atoms with E-state index in [4.69, 9.17) is 15.0 Å². The van der Waals surface area contributed by atoms with Gasteiger partial charge in [0.05, 0.1) is 27.5 Å². The first-order chi connectivity index (χ1) is 34.3. The van der Waals surface area contributed by atoms with Crippen molar-refractivity contribution in [1.29, 1.82) is 0 Å². The molecule has 15 rings (SSSR count). The lowest BCUT2D eigenvalue weighted by atomic mass is 9.70. The van der Waals surface area contributed by atoms with E-state index in [1.54, 1.807) is 0 Å². The molecule has 10 aromatic carbocycles. The van der Waals surface area contributed by atoms with Gasteiger partial charge in [-0.2, -0.15) is 0 Å². The van der Waals surface area contributed by atoms with E-state index in [1.807, 2.05) is 18.2 Å². The summed E-state index contributed by atoms with van der Waals surface area (Å²) in [6.07, 6.45) is 0. The molecule has 0 saturated heterocycles. The van der Waals surface area contributed by atoms with Crippen LogP contribution in [0.15, 0.2) is 237 Å². The third-order valence-corrected chi connectivity index (χ3v) is 14.8. The first-order valence-electron chi connectivity index (χ1n) is 23.6. The number of fused-ring (bicyclic) bond motifs is 17. The molecule has 13 aromatic rings. The van der Waals surface area contributed by atoms with Crippen LogP contribution in [0.2, 0.25) is 0 Å². The van der Waals surface area contributed by atoms with Crippen molar-refractivity contribution in [3.8, 4) is 67.8 Å². The summed E-state index contributed by atoms with van der Waals surface area (Å²) in [6.45, 7) is 0. The molecule has 0 saturated carbocycles. The van der Waals surface area contributed by atoms with Crippen LogP contribution in [0.5, 0.6) is 0 Å². The highest BCUT2D eigenvalue weighted by molar-refractivity contribution is 6.29. The molecule has 0 unspecified atom stereocenters. The van der Waals surface area contributed by atoms with Gasteiger partial charge in [-0.3, -0.25) is 0 Å². The summed E-state index contributed by atoms with van der Waals surface area (Å²) in [7, 11) is 0. The topological polar surface area (TPSA) is 48.5 Å². The fourth-order valence-electron chi connectivity index (χ4n) is 12.1. The fraction of sp³-hybridized carbons (Fsp3) is 0.0156. The third kappa shape index (κ3) is 5.21. The Morgan fingerprint density at radius 1 is 0.275 bits per heavy atom. The number of rotatable bonds is 5. The average Bonchev–Trinajstić information content (AvgIpc) is 4.13. The number of hydrogen-bond donors (Lipinski definition) is 0. The van der Waals surface area contributed by atoms with Crippen molar-refractivity contribution in [3.63, 3.8) is 0 Å². The van der Waals surface area contributed by atoms with Crippen molar-refractivity contribution >= 4 is 43.6 Å². The van der Waals surface area contributed by atoms with E-state index in [9.17, 15) is 0 Å². The standard InChI is InChI=1S/C64H39N5/c1-3-18-40(19-4-1)61-65-62(67-63(66-61)49-27-17-31-53-58(49)46-24-9-14-30-52(46)64(53)50-28-12-7-22-44(50)45-23-8-13-29-51(45)64)41-34-36-43(37-35-41)69-55-33-16-11-26-48(55)60-57(69)39-38-56-59(60)47-25-10-15-32-54(47)68(56)42-20-5-2-6-21-42/h1-39H. The molecule has 0 N–H and O–H groups in total. The maximum Gasteiger partial charge on any atom is 0.164 e. The maximum absolute atomic E-state index is 5.40. The normalized spacial score (nSPS) is 13.0. The fourth-order valence-corrected chi connectivity index (χ4v) is 12.1. The van der Waals surface area contributed by atoms with Crippen molar-refractivity contribution in [1.82, 2.24) is 24.1 Å². The van der Waals surface area contributed by atoms with Gasteiger partial charge in [0.25, 0.3) is 0 Å². The minimum absolute atomic E-state index is 0.472. The van der Waals surface area contributed by atoms with Crippen molar-refractivity contribution in [2.45, 2.75) is 5.41 Å². The third-order valence-electron chi connectivity index (χ3n) is 14.8. The Bertz CT molecular complexity index is 4190. The zero-order valence-electron chi connectivity index (χ0n) is 37.3. The highest BCUT2D eigenvalue weighted by Crippen LogP contribution is 2.63. The van der Waals surface area contributed by atoms with Crippen molar-refractivity contribution in [3.05, 3.63) is 259 Å². The summed E-state index contributed by atoms with van der Waals surface area (Å²) in [5.74, 6) is 1.90. The zero-order chi connectivity index (χ0) is 45.2. The first kappa shape index (κ1) is 38.0. The van der Waals surface area contributed by atoms with E-state index in [1.165, 1.54) is 77.1 Å². The van der Waals surface area contributed by atoms with Gasteiger partial charge >= 0.3 is 0 Å². The molecule has 0 fully saturated rings. The van der Waals surface area contributed by atoms with E-state index in [0.29, 0.717) is 17.5 Å². The van der Waals surface area contributed by atoms with Gasteiger partial charge in [-0.15, -0.1) is 0 Å². The smallest absolute Gasteiger partial charge is 0.164 e. The Balaban J connectivity index is 0.913. The quantitative estimate of drug-likeness (QED) is 0.173. The van der Waals surface area contributed by atoms with Gasteiger partial charge in [-0.25, -0.2) is 15.0 Å². The number of nitrogens with zero attached hydrogens (tertiary/aromatic N) is 5. The molecule has 0 radical (unpaired) electrons. The lowest BCUT2D eigenvalue weighted by molar-refractivity contribution is 0.794. The SMILES string of the molecule is c1ccc(-c2nc(-c3ccc(-n4c5ccccc5c5c6c7ccccc7n(-c7ccccc7)c6ccc54)cc3)nc(-c3cccc4c3-c3ccccc3C43c4ccccc4-c4ccccc43)n2)cc1. The van der Waals surface area contributed by atoms with Gasteiger partial charge in [0.2, 0.25) is 0 Å². The summed E-state index contributed by atoms with van der Waals surface area (Å²) in [4.78, 5) is 15.9. The van der Waals surface area contributed by atoms with E-state index >= 15 is 0 Å². The second kappa shape index (κ2) is 14.4. The second-order valence-corrected chi connectivity index (χ2v) is 18.2. The molecule has 320 valence electrons. The molecule has 3 aromatic heterocycles. The Morgan fingerprint density at radius 3 is 1.29 bits per heavy atom. The molecule has 5 nitrogen and oxygen atoms in total. The molecule has 0 aliphatic heterocycles. The molecular formula is C64H39N5.